The number of hydrogen-bond acceptors (Lipinski definition) is 11. The Morgan fingerprint density at radius 3 is 1.80 bits per heavy atom. The number of fused-ring (bicyclic) bond motifs is 1. The molecular weight excluding hydrogens is 757 g/mol. The molecule has 59 heavy (non-hydrogen) atoms. The number of urea groups is 1. The Labute approximate surface area is 347 Å². The van der Waals surface area contributed by atoms with Gasteiger partial charge in [0, 0.05) is 32.1 Å². The van der Waals surface area contributed by atoms with E-state index in [2.05, 4.69) is 26.3 Å². The number of aromatic nitrogens is 1. The number of amides is 4. The van der Waals surface area contributed by atoms with Crippen molar-refractivity contribution in [2.24, 2.45) is 5.73 Å². The molecule has 1 heterocycles. The molecule has 15 nitrogen and oxygen atoms in total. The Hall–Kier alpha value is -5.57. The number of unbranched alkanes of at least 4 members (excludes halogenated alkanes) is 1. The summed E-state index contributed by atoms with van der Waals surface area (Å²) < 4.78 is 16.4. The van der Waals surface area contributed by atoms with Crippen molar-refractivity contribution in [3.63, 3.8) is 0 Å². The number of nitrogens with one attached hydrogen (secondary N) is 4. The SMILES string of the molecule is CC(C)(C)OC(=O)CC[C@@H](NC(=O)N[C@@H](CCCCNC(=O)[C@H](Cc1ccc2ccccc2c1)NC(=O)c1ccc(CN)cn1)C(=O)OC(C)(C)C)C(=O)OC(C)(C)C. The van der Waals surface area contributed by atoms with Gasteiger partial charge < -0.3 is 41.2 Å². The van der Waals surface area contributed by atoms with Crippen LogP contribution >= 0.6 is 0 Å². The number of ether oxygens (including phenoxy) is 3. The summed E-state index contributed by atoms with van der Waals surface area (Å²) in [5.74, 6) is -2.92. The zero-order valence-electron chi connectivity index (χ0n) is 35.9. The van der Waals surface area contributed by atoms with E-state index in [1.54, 1.807) is 74.4 Å². The first-order valence-corrected chi connectivity index (χ1v) is 20.0. The Balaban J connectivity index is 1.68. The van der Waals surface area contributed by atoms with Crippen LogP contribution in [0.1, 0.15) is 116 Å². The number of carbonyl (C=O) groups excluding carboxylic acids is 6. The number of benzene rings is 2. The van der Waals surface area contributed by atoms with Crippen molar-refractivity contribution in [1.29, 1.82) is 0 Å². The van der Waals surface area contributed by atoms with Gasteiger partial charge in [-0.2, -0.15) is 0 Å². The molecule has 0 aliphatic carbocycles. The summed E-state index contributed by atoms with van der Waals surface area (Å²) in [5, 5.41) is 12.9. The topological polar surface area (TPSA) is 217 Å². The van der Waals surface area contributed by atoms with Crippen LogP contribution in [0.5, 0.6) is 0 Å². The second-order valence-corrected chi connectivity index (χ2v) is 17.4. The van der Waals surface area contributed by atoms with E-state index in [0.717, 1.165) is 21.9 Å². The quantitative estimate of drug-likeness (QED) is 0.0642. The zero-order valence-corrected chi connectivity index (χ0v) is 35.9. The van der Waals surface area contributed by atoms with Gasteiger partial charge in [0.2, 0.25) is 5.91 Å². The number of esters is 3. The highest BCUT2D eigenvalue weighted by molar-refractivity contribution is 5.96. The first kappa shape index (κ1) is 47.8. The molecule has 3 atom stereocenters. The van der Waals surface area contributed by atoms with Gasteiger partial charge >= 0.3 is 23.9 Å². The molecule has 3 rings (SSSR count). The van der Waals surface area contributed by atoms with E-state index in [0.29, 0.717) is 12.8 Å². The lowest BCUT2D eigenvalue weighted by Crippen LogP contribution is -2.53. The first-order valence-electron chi connectivity index (χ1n) is 20.0. The lowest BCUT2D eigenvalue weighted by atomic mass is 10.0. The summed E-state index contributed by atoms with van der Waals surface area (Å²) in [6.45, 7) is 15.8. The van der Waals surface area contributed by atoms with Crippen molar-refractivity contribution < 1.29 is 43.0 Å². The summed E-state index contributed by atoms with van der Waals surface area (Å²) in [6.07, 6.45) is 2.37. The van der Waals surface area contributed by atoms with E-state index in [1.165, 1.54) is 6.20 Å². The molecule has 0 bridgehead atoms. The summed E-state index contributed by atoms with van der Waals surface area (Å²) in [6, 6.07) is 12.8. The first-order chi connectivity index (χ1) is 27.5. The fourth-order valence-corrected chi connectivity index (χ4v) is 5.79. The zero-order chi connectivity index (χ0) is 44.0. The van der Waals surface area contributed by atoms with Gasteiger partial charge in [-0.1, -0.05) is 48.5 Å². The molecule has 0 unspecified atom stereocenters. The molecular formula is C44H62N6O9. The van der Waals surface area contributed by atoms with Gasteiger partial charge in [0.05, 0.1) is 0 Å². The molecule has 322 valence electrons. The Bertz CT molecular complexity index is 1910. The van der Waals surface area contributed by atoms with Gasteiger partial charge in [-0.25, -0.2) is 14.4 Å². The van der Waals surface area contributed by atoms with Crippen molar-refractivity contribution in [3.8, 4) is 0 Å². The maximum Gasteiger partial charge on any atom is 0.329 e. The van der Waals surface area contributed by atoms with E-state index in [4.69, 9.17) is 19.9 Å². The van der Waals surface area contributed by atoms with E-state index in [1.807, 2.05) is 42.5 Å². The van der Waals surface area contributed by atoms with Crippen LogP contribution in [0.15, 0.2) is 60.8 Å². The second-order valence-electron chi connectivity index (χ2n) is 17.4. The van der Waals surface area contributed by atoms with E-state index in [9.17, 15) is 28.8 Å². The van der Waals surface area contributed by atoms with Gasteiger partial charge in [-0.05, 0) is 116 Å². The molecule has 0 spiro atoms. The maximum atomic E-state index is 13.6. The molecule has 0 radical (unpaired) electrons. The van der Waals surface area contributed by atoms with E-state index >= 15 is 0 Å². The normalized spacial score (nSPS) is 13.3. The molecule has 0 saturated heterocycles. The molecule has 2 aromatic carbocycles. The van der Waals surface area contributed by atoms with Gasteiger partial charge in [-0.15, -0.1) is 0 Å². The fraction of sp³-hybridized carbons (Fsp3) is 0.523. The standard InChI is InChI=1S/C44H62N6O9/c1-42(2,3)57-36(51)22-21-34(40(55)59-44(7,8)9)50-41(56)49-33(39(54)58-43(4,5)6)16-12-13-23-46-37(52)35(48-38(53)32-20-18-29(26-45)27-47-32)25-28-17-19-30-14-10-11-15-31(30)24-28/h10-11,14-15,17-20,24,27,33-35H,12-13,16,21-23,25-26,45H2,1-9H3,(H,46,52)(H,48,53)(H2,49,50,56)/t33-,34+,35-/m0/s1. The number of nitrogens with two attached hydrogens (primary N) is 1. The van der Waals surface area contributed by atoms with E-state index in [-0.39, 0.29) is 44.5 Å². The molecule has 15 heteroatoms. The fourth-order valence-electron chi connectivity index (χ4n) is 5.79. The molecule has 3 aromatic rings. The van der Waals surface area contributed by atoms with Crippen molar-refractivity contribution in [1.82, 2.24) is 26.3 Å². The largest absolute Gasteiger partial charge is 0.460 e. The molecule has 4 amide bonds. The van der Waals surface area contributed by atoms with Crippen LogP contribution in [0.3, 0.4) is 0 Å². The Morgan fingerprint density at radius 2 is 1.24 bits per heavy atom. The smallest absolute Gasteiger partial charge is 0.329 e. The number of carbonyl (C=O) groups is 6. The van der Waals surface area contributed by atoms with Gasteiger partial charge in [0.1, 0.15) is 40.6 Å². The summed E-state index contributed by atoms with van der Waals surface area (Å²) in [5.41, 5.74) is 4.96. The van der Waals surface area contributed by atoms with Crippen LogP contribution in [-0.4, -0.2) is 82.2 Å². The molecule has 0 fully saturated rings. The van der Waals surface area contributed by atoms with Crippen LogP contribution in [0, 0.1) is 0 Å². The van der Waals surface area contributed by atoms with Crippen LogP contribution in [-0.2, 0) is 46.4 Å². The predicted octanol–water partition coefficient (Wildman–Crippen LogP) is 5.16. The predicted molar refractivity (Wildman–Crippen MR) is 224 cm³/mol. The third-order valence-electron chi connectivity index (χ3n) is 8.44. The summed E-state index contributed by atoms with van der Waals surface area (Å²) in [4.78, 5) is 83.2. The molecule has 6 N–H and O–H groups in total. The number of nitrogens with zero attached hydrogens (tertiary/aromatic N) is 1. The van der Waals surface area contributed by atoms with Crippen molar-refractivity contribution in [2.75, 3.05) is 6.54 Å². The highest BCUT2D eigenvalue weighted by atomic mass is 16.6. The van der Waals surface area contributed by atoms with Crippen LogP contribution in [0.4, 0.5) is 4.79 Å². The van der Waals surface area contributed by atoms with Crippen LogP contribution in [0.2, 0.25) is 0 Å². The number of pyridine rings is 1. The van der Waals surface area contributed by atoms with Crippen LogP contribution in [0.25, 0.3) is 10.8 Å². The van der Waals surface area contributed by atoms with Gasteiger partial charge in [0.25, 0.3) is 5.91 Å². The van der Waals surface area contributed by atoms with Crippen molar-refractivity contribution >= 4 is 46.5 Å². The average molecular weight is 819 g/mol. The summed E-state index contributed by atoms with van der Waals surface area (Å²) >= 11 is 0. The number of hydrogen-bond donors (Lipinski definition) is 5. The van der Waals surface area contributed by atoms with Crippen molar-refractivity contribution in [2.45, 2.75) is 142 Å². The third-order valence-corrected chi connectivity index (χ3v) is 8.44. The lowest BCUT2D eigenvalue weighted by Gasteiger charge is -2.27. The van der Waals surface area contributed by atoms with Crippen molar-refractivity contribution in [3.05, 3.63) is 77.6 Å². The maximum absolute atomic E-state index is 13.6. The highest BCUT2D eigenvalue weighted by Crippen LogP contribution is 2.18. The monoisotopic (exact) mass is 818 g/mol. The van der Waals surface area contributed by atoms with E-state index < -0.39 is 70.7 Å². The Morgan fingerprint density at radius 1 is 0.661 bits per heavy atom. The minimum absolute atomic E-state index is 0.104. The van der Waals surface area contributed by atoms with Gasteiger partial charge in [-0.3, -0.25) is 19.4 Å². The molecule has 0 aliphatic rings. The Kier molecular flexibility index (Phi) is 17.4. The van der Waals surface area contributed by atoms with Crippen LogP contribution < -0.4 is 27.0 Å². The average Bonchev–Trinajstić information content (AvgIpc) is 3.13. The highest BCUT2D eigenvalue weighted by Gasteiger charge is 2.31. The minimum Gasteiger partial charge on any atom is -0.460 e. The second kappa shape index (κ2) is 21.4. The lowest BCUT2D eigenvalue weighted by molar-refractivity contribution is -0.159. The number of rotatable bonds is 18. The summed E-state index contributed by atoms with van der Waals surface area (Å²) in [7, 11) is 0. The molecule has 0 saturated carbocycles. The molecule has 0 aliphatic heterocycles. The third kappa shape index (κ3) is 17.8. The minimum atomic E-state index is -1.22. The van der Waals surface area contributed by atoms with Gasteiger partial charge in [0.15, 0.2) is 0 Å². The molecule has 1 aromatic heterocycles.